The summed E-state index contributed by atoms with van der Waals surface area (Å²) in [6.45, 7) is 4.40. The van der Waals surface area contributed by atoms with Crippen LogP contribution in [-0.2, 0) is 4.79 Å². The number of hydrogen-bond acceptors (Lipinski definition) is 4. The van der Waals surface area contributed by atoms with Gasteiger partial charge in [-0.3, -0.25) is 4.79 Å². The van der Waals surface area contributed by atoms with Gasteiger partial charge in [-0.15, -0.1) is 0 Å². The van der Waals surface area contributed by atoms with Gasteiger partial charge in [-0.05, 0) is 20.8 Å². The Morgan fingerprint density at radius 2 is 1.50 bits per heavy atom. The Morgan fingerprint density at radius 1 is 1.06 bits per heavy atom. The SMILES string of the molecule is CC(C)(C)N(CC(=O)O)C(=O)N(CCO)CCO. The molecule has 7 nitrogen and oxygen atoms in total. The van der Waals surface area contributed by atoms with Crippen LogP contribution in [0.1, 0.15) is 20.8 Å². The average molecular weight is 262 g/mol. The van der Waals surface area contributed by atoms with Crippen molar-refractivity contribution < 1.29 is 24.9 Å². The predicted octanol–water partition coefficient (Wildman–Crippen LogP) is -0.422. The van der Waals surface area contributed by atoms with E-state index in [9.17, 15) is 9.59 Å². The summed E-state index contributed by atoms with van der Waals surface area (Å²) in [7, 11) is 0. The number of carbonyl (C=O) groups is 2. The van der Waals surface area contributed by atoms with Gasteiger partial charge in [0.25, 0.3) is 0 Å². The van der Waals surface area contributed by atoms with Crippen molar-refractivity contribution in [2.45, 2.75) is 26.3 Å². The number of hydrogen-bond donors (Lipinski definition) is 3. The fourth-order valence-corrected chi connectivity index (χ4v) is 1.44. The summed E-state index contributed by atoms with van der Waals surface area (Å²) in [5.74, 6) is -1.11. The van der Waals surface area contributed by atoms with Gasteiger partial charge in [-0.25, -0.2) is 4.79 Å². The lowest BCUT2D eigenvalue weighted by molar-refractivity contribution is -0.138. The summed E-state index contributed by atoms with van der Waals surface area (Å²) in [6, 6.07) is -0.506. The lowest BCUT2D eigenvalue weighted by Crippen LogP contribution is -2.54. The summed E-state index contributed by atoms with van der Waals surface area (Å²) >= 11 is 0. The molecule has 0 bridgehead atoms. The Hall–Kier alpha value is -1.34. The molecule has 7 heteroatoms. The number of carboxylic acids is 1. The zero-order chi connectivity index (χ0) is 14.3. The average Bonchev–Trinajstić information content (AvgIpc) is 2.23. The van der Waals surface area contributed by atoms with Crippen LogP contribution >= 0.6 is 0 Å². The highest BCUT2D eigenvalue weighted by Gasteiger charge is 2.31. The van der Waals surface area contributed by atoms with E-state index in [1.807, 2.05) is 0 Å². The molecule has 0 spiro atoms. The molecule has 0 rings (SSSR count). The van der Waals surface area contributed by atoms with E-state index in [4.69, 9.17) is 15.3 Å². The summed E-state index contributed by atoms with van der Waals surface area (Å²) in [6.07, 6.45) is 0. The van der Waals surface area contributed by atoms with Crippen molar-refractivity contribution in [1.82, 2.24) is 9.80 Å². The number of aliphatic carboxylic acids is 1. The first kappa shape index (κ1) is 16.7. The van der Waals surface area contributed by atoms with Gasteiger partial charge >= 0.3 is 12.0 Å². The first-order valence-corrected chi connectivity index (χ1v) is 5.74. The summed E-state index contributed by atoms with van der Waals surface area (Å²) in [4.78, 5) is 25.4. The minimum absolute atomic E-state index is 0.0611. The third-order valence-electron chi connectivity index (χ3n) is 2.34. The molecule has 0 aliphatic rings. The van der Waals surface area contributed by atoms with Gasteiger partial charge in [0, 0.05) is 18.6 Å². The number of amides is 2. The van der Waals surface area contributed by atoms with Gasteiger partial charge in [0.2, 0.25) is 0 Å². The third kappa shape index (κ3) is 5.33. The van der Waals surface area contributed by atoms with Gasteiger partial charge in [-0.2, -0.15) is 0 Å². The van der Waals surface area contributed by atoms with Crippen molar-refractivity contribution >= 4 is 12.0 Å². The van der Waals surface area contributed by atoms with Crippen LogP contribution in [0, 0.1) is 0 Å². The van der Waals surface area contributed by atoms with Crippen LogP contribution in [0.15, 0.2) is 0 Å². The zero-order valence-corrected chi connectivity index (χ0v) is 11.1. The number of aliphatic hydroxyl groups excluding tert-OH is 2. The number of carboxylic acid groups (broad SMARTS) is 1. The molecule has 0 aliphatic heterocycles. The minimum atomic E-state index is -1.11. The molecular weight excluding hydrogens is 240 g/mol. The van der Waals surface area contributed by atoms with Crippen LogP contribution in [0.4, 0.5) is 4.79 Å². The minimum Gasteiger partial charge on any atom is -0.480 e. The van der Waals surface area contributed by atoms with Gasteiger partial charge in [-0.1, -0.05) is 0 Å². The maximum absolute atomic E-state index is 12.2. The molecule has 0 radical (unpaired) electrons. The number of nitrogens with zero attached hydrogens (tertiary/aromatic N) is 2. The summed E-state index contributed by atoms with van der Waals surface area (Å²) < 4.78 is 0. The second kappa shape index (κ2) is 7.17. The molecule has 106 valence electrons. The van der Waals surface area contributed by atoms with E-state index in [0.717, 1.165) is 0 Å². The normalized spacial score (nSPS) is 11.2. The predicted molar refractivity (Wildman–Crippen MR) is 65.2 cm³/mol. The number of carbonyl (C=O) groups excluding carboxylic acids is 1. The van der Waals surface area contributed by atoms with Gasteiger partial charge < -0.3 is 25.1 Å². The highest BCUT2D eigenvalue weighted by atomic mass is 16.4. The molecule has 0 aliphatic carbocycles. The summed E-state index contributed by atoms with van der Waals surface area (Å²) in [5.41, 5.74) is -0.654. The van der Waals surface area contributed by atoms with Crippen LogP contribution in [0.2, 0.25) is 0 Å². The fourth-order valence-electron chi connectivity index (χ4n) is 1.44. The molecule has 0 atom stereocenters. The Labute approximate surface area is 107 Å². The fraction of sp³-hybridized carbons (Fsp3) is 0.818. The van der Waals surface area contributed by atoms with Crippen LogP contribution in [0.5, 0.6) is 0 Å². The molecule has 3 N–H and O–H groups in total. The molecule has 2 amide bonds. The Bertz CT molecular complexity index is 282. The van der Waals surface area contributed by atoms with Crippen LogP contribution in [-0.4, -0.2) is 75.5 Å². The molecule has 0 fully saturated rings. The van der Waals surface area contributed by atoms with Gasteiger partial charge in [0.15, 0.2) is 0 Å². The van der Waals surface area contributed by atoms with Crippen molar-refractivity contribution in [2.75, 3.05) is 32.8 Å². The molecule has 18 heavy (non-hydrogen) atoms. The smallest absolute Gasteiger partial charge is 0.323 e. The largest absolute Gasteiger partial charge is 0.480 e. The second-order valence-corrected chi connectivity index (χ2v) is 4.87. The quantitative estimate of drug-likeness (QED) is 0.603. The van der Waals surface area contributed by atoms with Crippen molar-refractivity contribution in [3.8, 4) is 0 Å². The van der Waals surface area contributed by atoms with Crippen LogP contribution < -0.4 is 0 Å². The van der Waals surface area contributed by atoms with E-state index in [2.05, 4.69) is 0 Å². The molecule has 0 heterocycles. The third-order valence-corrected chi connectivity index (χ3v) is 2.34. The Morgan fingerprint density at radius 3 is 1.78 bits per heavy atom. The maximum Gasteiger partial charge on any atom is 0.323 e. The number of urea groups is 1. The van der Waals surface area contributed by atoms with E-state index in [-0.39, 0.29) is 26.3 Å². The van der Waals surface area contributed by atoms with E-state index in [1.165, 1.54) is 9.80 Å². The van der Waals surface area contributed by atoms with E-state index in [0.29, 0.717) is 0 Å². The highest BCUT2D eigenvalue weighted by molar-refractivity contribution is 5.80. The molecule has 0 unspecified atom stereocenters. The second-order valence-electron chi connectivity index (χ2n) is 4.87. The van der Waals surface area contributed by atoms with Crippen LogP contribution in [0.3, 0.4) is 0 Å². The summed E-state index contributed by atoms with van der Waals surface area (Å²) in [5, 5.41) is 26.6. The zero-order valence-electron chi connectivity index (χ0n) is 11.1. The van der Waals surface area contributed by atoms with Gasteiger partial charge in [0.1, 0.15) is 6.54 Å². The topological polar surface area (TPSA) is 101 Å². The molecule has 0 saturated heterocycles. The lowest BCUT2D eigenvalue weighted by atomic mass is 10.1. The number of aliphatic hydroxyl groups is 2. The first-order valence-electron chi connectivity index (χ1n) is 5.74. The van der Waals surface area contributed by atoms with E-state index in [1.54, 1.807) is 20.8 Å². The highest BCUT2D eigenvalue weighted by Crippen LogP contribution is 2.15. The first-order chi connectivity index (χ1) is 8.23. The van der Waals surface area contributed by atoms with Crippen molar-refractivity contribution in [2.24, 2.45) is 0 Å². The maximum atomic E-state index is 12.2. The monoisotopic (exact) mass is 262 g/mol. The Kier molecular flexibility index (Phi) is 6.64. The standard InChI is InChI=1S/C11H22N2O5/c1-11(2,3)13(8-9(16)17)10(18)12(4-6-14)5-7-15/h14-15H,4-8H2,1-3H3,(H,16,17). The van der Waals surface area contributed by atoms with Crippen molar-refractivity contribution in [3.63, 3.8) is 0 Å². The lowest BCUT2D eigenvalue weighted by Gasteiger charge is -2.38. The molecule has 0 aromatic heterocycles. The van der Waals surface area contributed by atoms with Crippen molar-refractivity contribution in [1.29, 1.82) is 0 Å². The van der Waals surface area contributed by atoms with Crippen molar-refractivity contribution in [3.05, 3.63) is 0 Å². The van der Waals surface area contributed by atoms with E-state index >= 15 is 0 Å². The van der Waals surface area contributed by atoms with E-state index < -0.39 is 24.1 Å². The molecule has 0 aromatic carbocycles. The van der Waals surface area contributed by atoms with Crippen LogP contribution in [0.25, 0.3) is 0 Å². The Balaban J connectivity index is 4.96. The molecule has 0 saturated carbocycles. The molecular formula is C11H22N2O5. The van der Waals surface area contributed by atoms with Gasteiger partial charge in [0.05, 0.1) is 13.2 Å². The number of rotatable bonds is 6. The molecule has 0 aromatic rings.